The Morgan fingerprint density at radius 2 is 2.33 bits per heavy atom. The van der Waals surface area contributed by atoms with Crippen molar-refractivity contribution in [3.63, 3.8) is 0 Å². The molecule has 0 aromatic carbocycles. The van der Waals surface area contributed by atoms with Crippen molar-refractivity contribution in [1.29, 1.82) is 0 Å². The van der Waals surface area contributed by atoms with Crippen molar-refractivity contribution in [3.05, 3.63) is 0 Å². The Bertz CT molecular complexity index is 86.1. The standard InChI is InChI=1S/C2H4P2S2/c5-2-1-4(6)3-2/h3-4H,1H2. The highest BCUT2D eigenvalue weighted by atomic mass is 32.6. The predicted octanol–water partition coefficient (Wildman–Crippen LogP) is 1.60. The smallest absolute Gasteiger partial charge is 0.0231 e. The van der Waals surface area contributed by atoms with Crippen molar-refractivity contribution in [2.75, 3.05) is 6.16 Å². The highest BCUT2D eigenvalue weighted by molar-refractivity contribution is 8.49. The molecular weight excluding hydrogens is 150 g/mol. The summed E-state index contributed by atoms with van der Waals surface area (Å²) in [5.74, 6) is 0. The van der Waals surface area contributed by atoms with Crippen LogP contribution in [0, 0.1) is 0 Å². The molecule has 1 aliphatic heterocycles. The van der Waals surface area contributed by atoms with Crippen molar-refractivity contribution in [2.24, 2.45) is 0 Å². The molecule has 2 unspecified atom stereocenters. The van der Waals surface area contributed by atoms with Gasteiger partial charge in [0.25, 0.3) is 0 Å². The van der Waals surface area contributed by atoms with Gasteiger partial charge in [-0.25, -0.2) is 0 Å². The van der Waals surface area contributed by atoms with E-state index in [0.717, 1.165) is 14.4 Å². The van der Waals surface area contributed by atoms with Crippen LogP contribution in [0.2, 0.25) is 0 Å². The van der Waals surface area contributed by atoms with E-state index in [-0.39, 0.29) is 6.39 Å². The molecule has 4 heteroatoms. The predicted molar refractivity (Wildman–Crippen MR) is 41.5 cm³/mol. The molecule has 0 radical (unpaired) electrons. The lowest BCUT2D eigenvalue weighted by Crippen LogP contribution is -1.94. The average Bonchev–Trinajstić information content (AvgIpc) is 1.33. The molecule has 2 atom stereocenters. The Morgan fingerprint density at radius 3 is 2.33 bits per heavy atom. The summed E-state index contributed by atoms with van der Waals surface area (Å²) in [5, 5.41) is 0. The van der Waals surface area contributed by atoms with Crippen LogP contribution in [0.4, 0.5) is 0 Å². The Hall–Kier alpha value is 1.17. The fourth-order valence-electron chi connectivity index (χ4n) is 0.283. The molecule has 0 aromatic heterocycles. The zero-order chi connectivity index (χ0) is 4.57. The van der Waals surface area contributed by atoms with E-state index < -0.39 is 0 Å². The minimum Gasteiger partial charge on any atom is -0.0957 e. The van der Waals surface area contributed by atoms with E-state index in [0.29, 0.717) is 0 Å². The van der Waals surface area contributed by atoms with Crippen LogP contribution in [-0.4, -0.2) is 10.8 Å². The van der Waals surface area contributed by atoms with Gasteiger partial charge < -0.3 is 0 Å². The van der Waals surface area contributed by atoms with Gasteiger partial charge in [-0.2, -0.15) is 0 Å². The lowest BCUT2D eigenvalue weighted by Gasteiger charge is -2.13. The van der Waals surface area contributed by atoms with Crippen molar-refractivity contribution < 1.29 is 0 Å². The van der Waals surface area contributed by atoms with Gasteiger partial charge in [0, 0.05) is 10.8 Å². The van der Waals surface area contributed by atoms with Gasteiger partial charge in [-0.1, -0.05) is 24.0 Å². The van der Waals surface area contributed by atoms with Gasteiger partial charge in [-0.15, -0.1) is 0 Å². The summed E-state index contributed by atoms with van der Waals surface area (Å²) in [5.41, 5.74) is 0. The summed E-state index contributed by atoms with van der Waals surface area (Å²) in [6.07, 6.45) is 0.861. The molecule has 0 spiro atoms. The van der Waals surface area contributed by atoms with Crippen LogP contribution >= 0.6 is 26.9 Å². The minimum absolute atomic E-state index is 0.272. The van der Waals surface area contributed by atoms with Gasteiger partial charge in [0.1, 0.15) is 0 Å². The van der Waals surface area contributed by atoms with Crippen LogP contribution in [0.1, 0.15) is 0 Å². The molecule has 34 valence electrons. The fourth-order valence-corrected chi connectivity index (χ4v) is 7.18. The highest BCUT2D eigenvalue weighted by Crippen LogP contribution is 2.56. The third-order valence-corrected chi connectivity index (χ3v) is 7.24. The largest absolute Gasteiger partial charge is 0.0957 e. The summed E-state index contributed by atoms with van der Waals surface area (Å²) >= 11 is 9.80. The lowest BCUT2D eigenvalue weighted by molar-refractivity contribution is 2.11. The second kappa shape index (κ2) is 1.96. The van der Waals surface area contributed by atoms with E-state index in [2.05, 4.69) is 0 Å². The molecule has 1 saturated heterocycles. The third-order valence-electron chi connectivity index (χ3n) is 0.600. The molecule has 0 aromatic rings. The maximum absolute atomic E-state index is 4.97. The van der Waals surface area contributed by atoms with E-state index in [1.165, 1.54) is 4.61 Å². The van der Waals surface area contributed by atoms with Gasteiger partial charge in [0.2, 0.25) is 0 Å². The zero-order valence-corrected chi connectivity index (χ0v) is 6.66. The highest BCUT2D eigenvalue weighted by Gasteiger charge is 2.11. The summed E-state index contributed by atoms with van der Waals surface area (Å²) in [6.45, 7) is 0. The molecule has 0 bridgehead atoms. The molecule has 0 saturated carbocycles. The summed E-state index contributed by atoms with van der Waals surface area (Å²) < 4.78 is 1.24. The molecule has 1 aliphatic rings. The maximum Gasteiger partial charge on any atom is 0.0231 e. The second-order valence-corrected chi connectivity index (χ2v) is 9.18. The fraction of sp³-hybridized carbons (Fsp3) is 0.500. The Labute approximate surface area is 49.8 Å². The topological polar surface area (TPSA) is 0 Å². The molecular formula is C2H4P2S2. The van der Waals surface area contributed by atoms with Crippen molar-refractivity contribution in [1.82, 2.24) is 0 Å². The molecule has 1 heterocycles. The Kier molecular flexibility index (Phi) is 1.74. The van der Waals surface area contributed by atoms with E-state index in [4.69, 9.17) is 24.0 Å². The number of rotatable bonds is 0. The van der Waals surface area contributed by atoms with Gasteiger partial charge >= 0.3 is 0 Å². The first kappa shape index (κ1) is 5.31. The van der Waals surface area contributed by atoms with Crippen LogP contribution in [0.5, 0.6) is 0 Å². The molecule has 6 heavy (non-hydrogen) atoms. The maximum atomic E-state index is 4.97. The van der Waals surface area contributed by atoms with Crippen LogP contribution in [0.3, 0.4) is 0 Å². The third kappa shape index (κ3) is 1.07. The van der Waals surface area contributed by atoms with E-state index in [9.17, 15) is 0 Å². The molecule has 0 aliphatic carbocycles. The normalized spacial score (nSPS) is 36.7. The summed E-state index contributed by atoms with van der Waals surface area (Å²) in [7, 11) is 0.917. The minimum atomic E-state index is -0.272. The van der Waals surface area contributed by atoms with Gasteiger partial charge in [-0.3, -0.25) is 0 Å². The monoisotopic (exact) mass is 154 g/mol. The average molecular weight is 154 g/mol. The molecule has 0 nitrogen and oxygen atoms in total. The molecule has 0 N–H and O–H groups in total. The summed E-state index contributed by atoms with van der Waals surface area (Å²) in [6, 6.07) is 0. The quantitative estimate of drug-likeness (QED) is 0.384. The lowest BCUT2D eigenvalue weighted by atomic mass is 10.9. The SMILES string of the molecule is S=C1C[PH](=S)P1. The number of thiocarbonyl (C=S) groups is 1. The Morgan fingerprint density at radius 1 is 1.83 bits per heavy atom. The zero-order valence-electron chi connectivity index (χ0n) is 3.02. The number of hydrogen-bond acceptors (Lipinski definition) is 2. The summed E-state index contributed by atoms with van der Waals surface area (Å²) in [4.78, 5) is 0. The van der Waals surface area contributed by atoms with Crippen molar-refractivity contribution >= 4 is 43.3 Å². The Balaban J connectivity index is 2.47. The first-order valence-corrected chi connectivity index (χ1v) is 6.86. The first-order chi connectivity index (χ1) is 2.79. The van der Waals surface area contributed by atoms with Crippen LogP contribution in [0.15, 0.2) is 0 Å². The van der Waals surface area contributed by atoms with Gasteiger partial charge in [0.15, 0.2) is 0 Å². The number of hydrogen-bond donors (Lipinski definition) is 0. The van der Waals surface area contributed by atoms with Crippen molar-refractivity contribution in [2.45, 2.75) is 0 Å². The second-order valence-electron chi connectivity index (χ2n) is 1.15. The van der Waals surface area contributed by atoms with E-state index in [1.54, 1.807) is 0 Å². The van der Waals surface area contributed by atoms with Gasteiger partial charge in [0.05, 0.1) is 0 Å². The molecule has 1 rings (SSSR count). The van der Waals surface area contributed by atoms with Gasteiger partial charge in [-0.05, 0) is 14.7 Å². The van der Waals surface area contributed by atoms with Crippen LogP contribution < -0.4 is 0 Å². The van der Waals surface area contributed by atoms with Crippen molar-refractivity contribution in [3.8, 4) is 0 Å². The van der Waals surface area contributed by atoms with E-state index in [1.807, 2.05) is 0 Å². The molecule has 0 amide bonds. The van der Waals surface area contributed by atoms with E-state index >= 15 is 0 Å². The molecule has 1 fully saturated rings. The van der Waals surface area contributed by atoms with Crippen LogP contribution in [-0.2, 0) is 11.8 Å². The van der Waals surface area contributed by atoms with Crippen LogP contribution in [0.25, 0.3) is 0 Å². The first-order valence-electron chi connectivity index (χ1n) is 1.62.